The van der Waals surface area contributed by atoms with Gasteiger partial charge in [0.05, 0.1) is 24.6 Å². The molecule has 1 saturated carbocycles. The summed E-state index contributed by atoms with van der Waals surface area (Å²) in [5.41, 5.74) is 0.847. The first kappa shape index (κ1) is 21.2. The number of nitrogens with one attached hydrogen (secondary N) is 1. The van der Waals surface area contributed by atoms with Crippen LogP contribution in [0.2, 0.25) is 0 Å². The summed E-state index contributed by atoms with van der Waals surface area (Å²) >= 11 is 1.28. The highest BCUT2D eigenvalue weighted by atomic mass is 32.2. The molecule has 9 nitrogen and oxygen atoms in total. The third-order valence-electron chi connectivity index (χ3n) is 5.06. The molecule has 11 heteroatoms. The van der Waals surface area contributed by atoms with E-state index in [9.17, 15) is 18.6 Å². The number of sulfonamides is 1. The second kappa shape index (κ2) is 7.27. The Balaban J connectivity index is 1.80. The SMILES string of the molecule is COc1ccc(-c2c(C)nc3sc(C(C)(C)O)nn23)cc1S(=O)(=O)N[C@H]1C[C@H](O)C1. The molecule has 0 unspecified atom stereocenters. The number of hydrogen-bond acceptors (Lipinski definition) is 8. The fraction of sp³-hybridized carbons (Fsp3) is 0.474. The Morgan fingerprint density at radius 1 is 1.33 bits per heavy atom. The normalized spacial score (nSPS) is 19.8. The van der Waals surface area contributed by atoms with Crippen molar-refractivity contribution >= 4 is 26.3 Å². The van der Waals surface area contributed by atoms with Crippen molar-refractivity contribution in [2.24, 2.45) is 0 Å². The van der Waals surface area contributed by atoms with Gasteiger partial charge in [0.2, 0.25) is 15.0 Å². The van der Waals surface area contributed by atoms with Gasteiger partial charge in [-0.3, -0.25) is 0 Å². The lowest BCUT2D eigenvalue weighted by Crippen LogP contribution is -2.46. The highest BCUT2D eigenvalue weighted by Gasteiger charge is 2.33. The van der Waals surface area contributed by atoms with Crippen LogP contribution in [0.4, 0.5) is 0 Å². The smallest absolute Gasteiger partial charge is 0.244 e. The lowest BCUT2D eigenvalue weighted by atomic mass is 9.91. The van der Waals surface area contributed by atoms with Crippen LogP contribution in [0, 0.1) is 6.92 Å². The van der Waals surface area contributed by atoms with Crippen LogP contribution in [-0.2, 0) is 15.6 Å². The largest absolute Gasteiger partial charge is 0.495 e. The molecule has 2 aromatic heterocycles. The second-order valence-corrected chi connectivity index (χ2v) is 10.7. The number of nitrogens with zero attached hydrogens (tertiary/aromatic N) is 3. The molecule has 0 radical (unpaired) electrons. The van der Waals surface area contributed by atoms with Gasteiger partial charge in [0.15, 0.2) is 0 Å². The number of methoxy groups -OCH3 is 1. The van der Waals surface area contributed by atoms with E-state index in [1.165, 1.54) is 24.5 Å². The van der Waals surface area contributed by atoms with Crippen LogP contribution < -0.4 is 9.46 Å². The molecule has 1 fully saturated rings. The second-order valence-electron chi connectivity index (χ2n) is 8.02. The van der Waals surface area contributed by atoms with E-state index >= 15 is 0 Å². The summed E-state index contributed by atoms with van der Waals surface area (Å²) in [6.45, 7) is 5.13. The molecule has 0 spiro atoms. The van der Waals surface area contributed by atoms with Crippen molar-refractivity contribution in [1.82, 2.24) is 19.3 Å². The fourth-order valence-corrected chi connectivity index (χ4v) is 5.83. The average molecular weight is 453 g/mol. The lowest BCUT2D eigenvalue weighted by Gasteiger charge is -2.31. The van der Waals surface area contributed by atoms with Crippen LogP contribution in [0.25, 0.3) is 16.2 Å². The van der Waals surface area contributed by atoms with E-state index in [1.807, 2.05) is 6.92 Å². The van der Waals surface area contributed by atoms with Crippen LogP contribution in [0.5, 0.6) is 5.75 Å². The zero-order valence-corrected chi connectivity index (χ0v) is 18.7. The van der Waals surface area contributed by atoms with Crippen LogP contribution in [0.15, 0.2) is 23.1 Å². The maximum absolute atomic E-state index is 13.0. The molecule has 3 N–H and O–H groups in total. The number of benzene rings is 1. The first-order chi connectivity index (χ1) is 14.0. The van der Waals surface area contributed by atoms with E-state index in [4.69, 9.17) is 4.74 Å². The van der Waals surface area contributed by atoms with Crippen molar-refractivity contribution in [1.29, 1.82) is 0 Å². The number of aliphatic hydroxyl groups is 2. The first-order valence-corrected chi connectivity index (χ1v) is 11.8. The summed E-state index contributed by atoms with van der Waals surface area (Å²) in [5, 5.41) is 24.7. The predicted molar refractivity (Wildman–Crippen MR) is 112 cm³/mol. The Kier molecular flexibility index (Phi) is 5.14. The Morgan fingerprint density at radius 3 is 2.63 bits per heavy atom. The van der Waals surface area contributed by atoms with E-state index in [2.05, 4.69) is 14.8 Å². The third-order valence-corrected chi connectivity index (χ3v) is 7.83. The highest BCUT2D eigenvalue weighted by molar-refractivity contribution is 7.89. The Labute approximate surface area is 178 Å². The van der Waals surface area contributed by atoms with Gasteiger partial charge in [0, 0.05) is 11.6 Å². The number of rotatable bonds is 6. The van der Waals surface area contributed by atoms with Gasteiger partial charge in [0.1, 0.15) is 21.3 Å². The van der Waals surface area contributed by atoms with Crippen LogP contribution in [0.1, 0.15) is 37.4 Å². The molecule has 1 aliphatic rings. The summed E-state index contributed by atoms with van der Waals surface area (Å²) in [7, 11) is -2.44. The van der Waals surface area contributed by atoms with Crippen molar-refractivity contribution in [3.8, 4) is 17.0 Å². The van der Waals surface area contributed by atoms with E-state index in [0.717, 1.165) is 0 Å². The molecule has 30 heavy (non-hydrogen) atoms. The predicted octanol–water partition coefficient (Wildman–Crippen LogP) is 1.80. The topological polar surface area (TPSA) is 126 Å². The summed E-state index contributed by atoms with van der Waals surface area (Å²) in [4.78, 5) is 5.14. The molecule has 4 rings (SSSR count). The molecule has 1 aromatic carbocycles. The zero-order valence-electron chi connectivity index (χ0n) is 17.1. The van der Waals surface area contributed by atoms with E-state index < -0.39 is 21.7 Å². The Hall–Kier alpha value is -2.05. The first-order valence-electron chi connectivity index (χ1n) is 9.47. The van der Waals surface area contributed by atoms with Crippen molar-refractivity contribution < 1.29 is 23.4 Å². The van der Waals surface area contributed by atoms with Gasteiger partial charge >= 0.3 is 0 Å². The average Bonchev–Trinajstić information content (AvgIpc) is 3.16. The molecular formula is C19H24N4O5S2. The van der Waals surface area contributed by atoms with Gasteiger partial charge in [-0.25, -0.2) is 22.6 Å². The molecular weight excluding hydrogens is 428 g/mol. The molecule has 1 aliphatic carbocycles. The third kappa shape index (κ3) is 3.71. The standard InChI is InChI=1S/C19H24N4O5S2/c1-10-16(23-18(20-10)29-17(21-23)19(2,3)25)11-5-6-14(28-4)15(7-11)30(26,27)22-12-8-13(24)9-12/h5-7,12-13,22,24-25H,8-9H2,1-4H3/t12-,13-. The maximum atomic E-state index is 13.0. The Morgan fingerprint density at radius 2 is 2.03 bits per heavy atom. The molecule has 0 atom stereocenters. The molecule has 2 heterocycles. The molecule has 3 aromatic rings. The molecule has 0 amide bonds. The van der Waals surface area contributed by atoms with E-state index in [-0.39, 0.29) is 16.7 Å². The van der Waals surface area contributed by atoms with Crippen molar-refractivity contribution in [2.75, 3.05) is 7.11 Å². The minimum absolute atomic E-state index is 0.0104. The van der Waals surface area contributed by atoms with Gasteiger partial charge in [0.25, 0.3) is 0 Å². The van der Waals surface area contributed by atoms with Crippen molar-refractivity contribution in [3.63, 3.8) is 0 Å². The summed E-state index contributed by atoms with van der Waals surface area (Å²) < 4.78 is 35.5. The number of aromatic nitrogens is 3. The number of aliphatic hydroxyl groups excluding tert-OH is 1. The van der Waals surface area contributed by atoms with Gasteiger partial charge in [-0.1, -0.05) is 11.3 Å². The lowest BCUT2D eigenvalue weighted by molar-refractivity contribution is 0.0711. The maximum Gasteiger partial charge on any atom is 0.244 e. The van der Waals surface area contributed by atoms with Crippen LogP contribution >= 0.6 is 11.3 Å². The van der Waals surface area contributed by atoms with E-state index in [0.29, 0.717) is 39.8 Å². The number of fused-ring (bicyclic) bond motifs is 1. The molecule has 162 valence electrons. The van der Waals surface area contributed by atoms with E-state index in [1.54, 1.807) is 30.5 Å². The van der Waals surface area contributed by atoms with Gasteiger partial charge in [-0.2, -0.15) is 5.10 Å². The minimum atomic E-state index is -3.86. The zero-order chi connectivity index (χ0) is 21.8. The monoisotopic (exact) mass is 452 g/mol. The van der Waals surface area contributed by atoms with Crippen molar-refractivity contribution in [3.05, 3.63) is 28.9 Å². The van der Waals surface area contributed by atoms with Gasteiger partial charge < -0.3 is 14.9 Å². The molecule has 0 saturated heterocycles. The molecule has 0 bridgehead atoms. The quantitative estimate of drug-likeness (QED) is 0.521. The number of aryl methyl sites for hydroxylation is 1. The van der Waals surface area contributed by atoms with Gasteiger partial charge in [-0.15, -0.1) is 0 Å². The minimum Gasteiger partial charge on any atom is -0.495 e. The highest BCUT2D eigenvalue weighted by Crippen LogP contribution is 2.35. The van der Waals surface area contributed by atoms with Crippen LogP contribution in [-0.4, -0.2) is 52.5 Å². The summed E-state index contributed by atoms with van der Waals surface area (Å²) in [5.74, 6) is 0.222. The summed E-state index contributed by atoms with van der Waals surface area (Å²) in [6.07, 6.45) is 0.313. The summed E-state index contributed by atoms with van der Waals surface area (Å²) in [6, 6.07) is 4.59. The number of imidazole rings is 1. The van der Waals surface area contributed by atoms with Crippen LogP contribution in [0.3, 0.4) is 0 Å². The van der Waals surface area contributed by atoms with Gasteiger partial charge in [-0.05, 0) is 51.8 Å². The fourth-order valence-electron chi connectivity index (χ4n) is 3.43. The number of ether oxygens (including phenoxy) is 1. The van der Waals surface area contributed by atoms with Crippen molar-refractivity contribution in [2.45, 2.75) is 56.3 Å². The Bertz CT molecular complexity index is 1200. The number of hydrogen-bond donors (Lipinski definition) is 3. The molecule has 0 aliphatic heterocycles.